The number of carbonyl (C=O) groups excluding carboxylic acids is 1. The van der Waals surface area contributed by atoms with Crippen LogP contribution in [0.25, 0.3) is 0 Å². The molecule has 0 N–H and O–H groups in total. The van der Waals surface area contributed by atoms with Crippen molar-refractivity contribution in [2.24, 2.45) is 0 Å². The van der Waals surface area contributed by atoms with E-state index in [9.17, 15) is 4.79 Å². The minimum absolute atomic E-state index is 0.0363. The number of ether oxygens (including phenoxy) is 1. The fourth-order valence-electron chi connectivity index (χ4n) is 1.61. The molecule has 0 heterocycles. The molecule has 1 unspecified atom stereocenters. The van der Waals surface area contributed by atoms with Crippen LogP contribution in [0.5, 0.6) is 0 Å². The van der Waals surface area contributed by atoms with Crippen LogP contribution in [0.4, 0.5) is 0 Å². The zero-order valence-corrected chi connectivity index (χ0v) is 12.0. The molecule has 17 heavy (non-hydrogen) atoms. The number of alkyl halides is 1. The van der Waals surface area contributed by atoms with Crippen LogP contribution in [0.3, 0.4) is 0 Å². The lowest BCUT2D eigenvalue weighted by Crippen LogP contribution is -2.33. The van der Waals surface area contributed by atoms with Gasteiger partial charge >= 0.3 is 0 Å². The van der Waals surface area contributed by atoms with Crippen LogP contribution >= 0.6 is 15.9 Å². The summed E-state index contributed by atoms with van der Waals surface area (Å²) in [6.45, 7) is 3.20. The third kappa shape index (κ3) is 4.48. The molecule has 1 aromatic rings. The molecule has 0 aliphatic carbocycles. The number of methoxy groups -OCH3 is 1. The van der Waals surface area contributed by atoms with Gasteiger partial charge in [-0.3, -0.25) is 4.79 Å². The molecule has 1 atom stereocenters. The minimum Gasteiger partial charge on any atom is -0.383 e. The highest BCUT2D eigenvalue weighted by atomic mass is 79.9. The van der Waals surface area contributed by atoms with Crippen LogP contribution in [0, 0.1) is 6.92 Å². The van der Waals surface area contributed by atoms with Crippen LogP contribution in [-0.2, 0) is 4.74 Å². The van der Waals surface area contributed by atoms with Crippen LogP contribution in [0.2, 0.25) is 0 Å². The van der Waals surface area contributed by atoms with E-state index in [2.05, 4.69) is 15.9 Å². The third-order valence-corrected chi connectivity index (χ3v) is 2.99. The molecular formula is C13H18BrNO2. The SMILES string of the molecule is COCC(Br)CN(C)C(=O)c1cccc(C)c1. The summed E-state index contributed by atoms with van der Waals surface area (Å²) in [5.41, 5.74) is 1.82. The van der Waals surface area contributed by atoms with Gasteiger partial charge in [0.15, 0.2) is 0 Å². The van der Waals surface area contributed by atoms with Crippen molar-refractivity contribution in [3.63, 3.8) is 0 Å². The van der Waals surface area contributed by atoms with E-state index in [1.807, 2.05) is 31.2 Å². The van der Waals surface area contributed by atoms with Gasteiger partial charge in [-0.15, -0.1) is 0 Å². The van der Waals surface area contributed by atoms with Gasteiger partial charge in [0.2, 0.25) is 0 Å². The zero-order chi connectivity index (χ0) is 12.8. The van der Waals surface area contributed by atoms with Gasteiger partial charge in [0.1, 0.15) is 0 Å². The van der Waals surface area contributed by atoms with Gasteiger partial charge < -0.3 is 9.64 Å². The smallest absolute Gasteiger partial charge is 0.253 e. The van der Waals surface area contributed by atoms with Crippen LogP contribution in [0.15, 0.2) is 24.3 Å². The Morgan fingerprint density at radius 3 is 2.82 bits per heavy atom. The quantitative estimate of drug-likeness (QED) is 0.782. The Balaban J connectivity index is 2.63. The monoisotopic (exact) mass is 299 g/mol. The number of amides is 1. The van der Waals surface area contributed by atoms with Gasteiger partial charge in [0.05, 0.1) is 11.4 Å². The Kier molecular flexibility index (Phi) is 5.65. The van der Waals surface area contributed by atoms with E-state index in [1.165, 1.54) is 0 Å². The summed E-state index contributed by atoms with van der Waals surface area (Å²) in [5, 5.41) is 0. The summed E-state index contributed by atoms with van der Waals surface area (Å²) in [5.74, 6) is 0.0363. The number of benzene rings is 1. The number of hydrogen-bond donors (Lipinski definition) is 0. The first kappa shape index (κ1) is 14.2. The molecule has 0 saturated carbocycles. The standard InChI is InChI=1S/C13H18BrNO2/c1-10-5-4-6-11(7-10)13(16)15(2)8-12(14)9-17-3/h4-7,12H,8-9H2,1-3H3. The topological polar surface area (TPSA) is 29.5 Å². The number of rotatable bonds is 5. The van der Waals surface area contributed by atoms with Gasteiger partial charge in [0.25, 0.3) is 5.91 Å². The molecule has 0 fully saturated rings. The number of carbonyl (C=O) groups is 1. The van der Waals surface area contributed by atoms with E-state index in [-0.39, 0.29) is 10.7 Å². The number of hydrogen-bond acceptors (Lipinski definition) is 2. The summed E-state index contributed by atoms with van der Waals surface area (Å²) in [4.78, 5) is 14.0. The Hall–Kier alpha value is -0.870. The Bertz CT molecular complexity index is 381. The number of halogens is 1. The van der Waals surface area contributed by atoms with Crippen molar-refractivity contribution in [1.29, 1.82) is 0 Å². The molecule has 0 saturated heterocycles. The highest BCUT2D eigenvalue weighted by Crippen LogP contribution is 2.09. The summed E-state index contributed by atoms with van der Waals surface area (Å²) in [6, 6.07) is 7.62. The summed E-state index contributed by atoms with van der Waals surface area (Å²) >= 11 is 3.48. The average molecular weight is 300 g/mol. The second-order valence-electron chi connectivity index (χ2n) is 4.11. The van der Waals surface area contributed by atoms with Crippen molar-refractivity contribution in [3.8, 4) is 0 Å². The fraction of sp³-hybridized carbons (Fsp3) is 0.462. The first-order valence-corrected chi connectivity index (χ1v) is 6.41. The van der Waals surface area contributed by atoms with E-state index in [1.54, 1.807) is 19.1 Å². The second kappa shape index (κ2) is 6.77. The predicted octanol–water partition coefficient (Wildman–Crippen LogP) is 2.48. The third-order valence-electron chi connectivity index (χ3n) is 2.43. The van der Waals surface area contributed by atoms with Crippen molar-refractivity contribution >= 4 is 21.8 Å². The summed E-state index contributed by atoms with van der Waals surface area (Å²) < 4.78 is 5.02. The van der Waals surface area contributed by atoms with E-state index >= 15 is 0 Å². The lowest BCUT2D eigenvalue weighted by Gasteiger charge is -2.20. The van der Waals surface area contributed by atoms with Crippen LogP contribution < -0.4 is 0 Å². The lowest BCUT2D eigenvalue weighted by molar-refractivity contribution is 0.0784. The first-order valence-electron chi connectivity index (χ1n) is 5.49. The normalized spacial score (nSPS) is 12.2. The molecule has 0 aliphatic rings. The molecule has 0 bridgehead atoms. The van der Waals surface area contributed by atoms with E-state index in [0.29, 0.717) is 13.2 Å². The summed E-state index contributed by atoms with van der Waals surface area (Å²) in [7, 11) is 3.45. The number of aryl methyl sites for hydroxylation is 1. The van der Waals surface area contributed by atoms with Crippen LogP contribution in [-0.4, -0.2) is 42.9 Å². The highest BCUT2D eigenvalue weighted by molar-refractivity contribution is 9.09. The van der Waals surface area contributed by atoms with Crippen LogP contribution in [0.1, 0.15) is 15.9 Å². The van der Waals surface area contributed by atoms with Crippen molar-refractivity contribution in [1.82, 2.24) is 4.90 Å². The van der Waals surface area contributed by atoms with Gasteiger partial charge in [0, 0.05) is 26.3 Å². The average Bonchev–Trinajstić information content (AvgIpc) is 2.28. The molecule has 3 nitrogen and oxygen atoms in total. The Morgan fingerprint density at radius 1 is 1.53 bits per heavy atom. The largest absolute Gasteiger partial charge is 0.383 e. The van der Waals surface area contributed by atoms with E-state index < -0.39 is 0 Å². The number of nitrogens with zero attached hydrogens (tertiary/aromatic N) is 1. The molecule has 0 aromatic heterocycles. The molecule has 1 amide bonds. The van der Waals surface area contributed by atoms with E-state index in [4.69, 9.17) is 4.74 Å². The first-order chi connectivity index (χ1) is 8.04. The van der Waals surface area contributed by atoms with Crippen molar-refractivity contribution < 1.29 is 9.53 Å². The maximum Gasteiger partial charge on any atom is 0.253 e. The van der Waals surface area contributed by atoms with Crippen molar-refractivity contribution in [3.05, 3.63) is 35.4 Å². The lowest BCUT2D eigenvalue weighted by atomic mass is 10.1. The molecule has 94 valence electrons. The molecule has 0 spiro atoms. The summed E-state index contributed by atoms with van der Waals surface area (Å²) in [6.07, 6.45) is 0. The molecule has 1 rings (SSSR count). The predicted molar refractivity (Wildman–Crippen MR) is 72.7 cm³/mol. The zero-order valence-electron chi connectivity index (χ0n) is 10.4. The van der Waals surface area contributed by atoms with Gasteiger partial charge in [-0.2, -0.15) is 0 Å². The Labute approximate surface area is 111 Å². The molecule has 0 radical (unpaired) electrons. The maximum absolute atomic E-state index is 12.1. The molecule has 1 aromatic carbocycles. The van der Waals surface area contributed by atoms with Crippen molar-refractivity contribution in [2.45, 2.75) is 11.8 Å². The molecule has 4 heteroatoms. The maximum atomic E-state index is 12.1. The minimum atomic E-state index is 0.0363. The molecular weight excluding hydrogens is 282 g/mol. The van der Waals surface area contributed by atoms with E-state index in [0.717, 1.165) is 11.1 Å². The van der Waals surface area contributed by atoms with Gasteiger partial charge in [-0.1, -0.05) is 33.6 Å². The van der Waals surface area contributed by atoms with Gasteiger partial charge in [-0.25, -0.2) is 0 Å². The fourth-order valence-corrected chi connectivity index (χ4v) is 2.31. The highest BCUT2D eigenvalue weighted by Gasteiger charge is 2.15. The van der Waals surface area contributed by atoms with Gasteiger partial charge in [-0.05, 0) is 19.1 Å². The second-order valence-corrected chi connectivity index (χ2v) is 5.40. The van der Waals surface area contributed by atoms with Crippen molar-refractivity contribution in [2.75, 3.05) is 27.3 Å². The molecule has 0 aliphatic heterocycles. The Morgan fingerprint density at radius 2 is 2.24 bits per heavy atom.